The van der Waals surface area contributed by atoms with Crippen molar-refractivity contribution in [3.05, 3.63) is 53.3 Å². The summed E-state index contributed by atoms with van der Waals surface area (Å²) in [6.07, 6.45) is 1.91. The molecule has 1 aliphatic rings. The zero-order valence-corrected chi connectivity index (χ0v) is 13.0. The average molecular weight is 328 g/mol. The van der Waals surface area contributed by atoms with Crippen molar-refractivity contribution < 1.29 is 24.2 Å². The van der Waals surface area contributed by atoms with Crippen molar-refractivity contribution in [1.29, 1.82) is 0 Å². The molecule has 1 aliphatic heterocycles. The van der Waals surface area contributed by atoms with Gasteiger partial charge in [-0.05, 0) is 24.6 Å². The van der Waals surface area contributed by atoms with Crippen LogP contribution in [0.1, 0.15) is 26.4 Å². The summed E-state index contributed by atoms with van der Waals surface area (Å²) in [5.74, 6) is -0.174. The molecule has 0 fully saturated rings. The number of nitrogens with one attached hydrogen (secondary N) is 1. The Morgan fingerprint density at radius 2 is 2.21 bits per heavy atom. The third-order valence-electron chi connectivity index (χ3n) is 3.75. The largest absolute Gasteiger partial charge is 0.493 e. The van der Waals surface area contributed by atoms with Crippen LogP contribution in [0.25, 0.3) is 0 Å². The predicted octanol–water partition coefficient (Wildman–Crippen LogP) is 1.52. The summed E-state index contributed by atoms with van der Waals surface area (Å²) in [5.41, 5.74) is 1.03. The van der Waals surface area contributed by atoms with Crippen LogP contribution in [0.2, 0.25) is 0 Å². The van der Waals surface area contributed by atoms with Crippen molar-refractivity contribution in [3.8, 4) is 11.5 Å². The van der Waals surface area contributed by atoms with Gasteiger partial charge in [-0.15, -0.1) is 0 Å². The molecule has 2 aromatic rings. The Balaban J connectivity index is 1.72. The van der Waals surface area contributed by atoms with Gasteiger partial charge in [-0.3, -0.25) is 4.79 Å². The second-order valence-corrected chi connectivity index (χ2v) is 5.37. The number of methoxy groups -OCH3 is 1. The first-order valence-corrected chi connectivity index (χ1v) is 7.37. The number of nitrogens with zero attached hydrogens (tertiary/aromatic N) is 1. The Hall–Kier alpha value is -3.09. The number of aromatic nitrogens is 1. The van der Waals surface area contributed by atoms with Crippen LogP contribution in [0.5, 0.6) is 11.5 Å². The highest BCUT2D eigenvalue weighted by molar-refractivity contribution is 5.96. The van der Waals surface area contributed by atoms with E-state index in [9.17, 15) is 9.59 Å². The van der Waals surface area contributed by atoms with Gasteiger partial charge in [0.25, 0.3) is 5.91 Å². The highest BCUT2D eigenvalue weighted by Crippen LogP contribution is 2.34. The Kier molecular flexibility index (Phi) is 4.33. The van der Waals surface area contributed by atoms with Crippen LogP contribution in [-0.4, -0.2) is 41.7 Å². The van der Waals surface area contributed by atoms with Crippen LogP contribution in [0, 0.1) is 0 Å². The van der Waals surface area contributed by atoms with E-state index < -0.39 is 5.97 Å². The summed E-state index contributed by atoms with van der Waals surface area (Å²) < 4.78 is 11.0. The summed E-state index contributed by atoms with van der Waals surface area (Å²) in [6.45, 7) is 0.315. The Bertz CT molecular complexity index is 790. The normalized spacial score (nSPS) is 15.8. The Labute approximate surface area is 138 Å². The molecule has 3 rings (SSSR count). The van der Waals surface area contributed by atoms with Gasteiger partial charge in [0.2, 0.25) is 0 Å². The van der Waals surface area contributed by atoms with E-state index in [1.807, 2.05) is 18.2 Å². The lowest BCUT2D eigenvalue weighted by molar-refractivity contribution is 0.0690. The molecule has 2 N–H and O–H groups in total. The maximum atomic E-state index is 12.3. The molecule has 0 aliphatic carbocycles. The molecule has 0 bridgehead atoms. The highest BCUT2D eigenvalue weighted by atomic mass is 16.5. The van der Waals surface area contributed by atoms with E-state index in [0.717, 1.165) is 5.56 Å². The summed E-state index contributed by atoms with van der Waals surface area (Å²) in [6, 6.07) is 8.12. The molecule has 0 saturated heterocycles. The van der Waals surface area contributed by atoms with Gasteiger partial charge in [-0.25, -0.2) is 9.78 Å². The van der Waals surface area contributed by atoms with Gasteiger partial charge in [-0.1, -0.05) is 12.1 Å². The Morgan fingerprint density at radius 3 is 2.96 bits per heavy atom. The first-order chi connectivity index (χ1) is 11.6. The second kappa shape index (κ2) is 6.57. The number of carboxylic acid groups (broad SMARTS) is 1. The number of amides is 1. The van der Waals surface area contributed by atoms with Crippen molar-refractivity contribution in [1.82, 2.24) is 10.3 Å². The summed E-state index contributed by atoms with van der Waals surface area (Å²) >= 11 is 0. The van der Waals surface area contributed by atoms with Gasteiger partial charge < -0.3 is 19.9 Å². The number of carboxylic acids is 1. The molecule has 1 aromatic heterocycles. The van der Waals surface area contributed by atoms with E-state index in [4.69, 9.17) is 14.6 Å². The van der Waals surface area contributed by atoms with Crippen molar-refractivity contribution in [3.63, 3.8) is 0 Å². The number of aromatic carboxylic acids is 1. The summed E-state index contributed by atoms with van der Waals surface area (Å²) in [7, 11) is 1.58. The van der Waals surface area contributed by atoms with E-state index in [2.05, 4.69) is 10.3 Å². The minimum atomic E-state index is -1.17. The number of carbonyl (C=O) groups excluding carboxylic acids is 1. The molecular formula is C17H16N2O5. The number of ether oxygens (including phenoxy) is 2. The first-order valence-electron chi connectivity index (χ1n) is 7.37. The highest BCUT2D eigenvalue weighted by Gasteiger charge is 2.24. The van der Waals surface area contributed by atoms with Gasteiger partial charge >= 0.3 is 5.97 Å². The topological polar surface area (TPSA) is 97.8 Å². The smallest absolute Gasteiger partial charge is 0.354 e. The zero-order chi connectivity index (χ0) is 17.1. The number of hydrogen-bond acceptors (Lipinski definition) is 5. The number of carbonyl (C=O) groups is 2. The lowest BCUT2D eigenvalue weighted by Gasteiger charge is -2.27. The third-order valence-corrected chi connectivity index (χ3v) is 3.75. The van der Waals surface area contributed by atoms with Crippen LogP contribution in [0.4, 0.5) is 0 Å². The SMILES string of the molecule is COc1cccc2c1OCC(NC(=O)c1ccnc(C(=O)O)c1)C2. The molecular weight excluding hydrogens is 312 g/mol. The standard InChI is InChI=1S/C17H16N2O5/c1-23-14-4-2-3-10-7-12(9-24-15(10)14)19-16(20)11-5-6-18-13(8-11)17(21)22/h2-6,8,12H,7,9H2,1H3,(H,19,20)(H,21,22). The van der Waals surface area contributed by atoms with Crippen molar-refractivity contribution in [2.75, 3.05) is 13.7 Å². The van der Waals surface area contributed by atoms with E-state index in [1.54, 1.807) is 7.11 Å². The van der Waals surface area contributed by atoms with E-state index in [-0.39, 0.29) is 23.2 Å². The fourth-order valence-corrected chi connectivity index (χ4v) is 2.61. The van der Waals surface area contributed by atoms with Crippen LogP contribution in [0.3, 0.4) is 0 Å². The fourth-order valence-electron chi connectivity index (χ4n) is 2.61. The van der Waals surface area contributed by atoms with Gasteiger partial charge in [-0.2, -0.15) is 0 Å². The number of benzene rings is 1. The van der Waals surface area contributed by atoms with E-state index in [0.29, 0.717) is 24.5 Å². The molecule has 1 unspecified atom stereocenters. The van der Waals surface area contributed by atoms with Gasteiger partial charge in [0.05, 0.1) is 13.2 Å². The minimum Gasteiger partial charge on any atom is -0.493 e. The maximum absolute atomic E-state index is 12.3. The van der Waals surface area contributed by atoms with Crippen molar-refractivity contribution in [2.24, 2.45) is 0 Å². The van der Waals surface area contributed by atoms with Gasteiger partial charge in [0.1, 0.15) is 12.3 Å². The fraction of sp³-hybridized carbons (Fsp3) is 0.235. The average Bonchev–Trinajstić information content (AvgIpc) is 2.61. The van der Waals surface area contributed by atoms with Crippen LogP contribution < -0.4 is 14.8 Å². The number of pyridine rings is 1. The first kappa shape index (κ1) is 15.8. The van der Waals surface area contributed by atoms with Crippen molar-refractivity contribution >= 4 is 11.9 Å². The third kappa shape index (κ3) is 3.15. The van der Waals surface area contributed by atoms with E-state index >= 15 is 0 Å². The molecule has 1 aromatic carbocycles. The quantitative estimate of drug-likeness (QED) is 0.883. The maximum Gasteiger partial charge on any atom is 0.354 e. The van der Waals surface area contributed by atoms with Crippen LogP contribution >= 0.6 is 0 Å². The van der Waals surface area contributed by atoms with Crippen molar-refractivity contribution in [2.45, 2.75) is 12.5 Å². The molecule has 7 nitrogen and oxygen atoms in total. The summed E-state index contributed by atoms with van der Waals surface area (Å²) in [5, 5.41) is 11.8. The van der Waals surface area contributed by atoms with Gasteiger partial charge in [0.15, 0.2) is 11.5 Å². The van der Waals surface area contributed by atoms with Crippen LogP contribution in [0.15, 0.2) is 36.5 Å². The predicted molar refractivity (Wildman–Crippen MR) is 84.6 cm³/mol. The molecule has 0 radical (unpaired) electrons. The zero-order valence-electron chi connectivity index (χ0n) is 13.0. The Morgan fingerprint density at radius 1 is 1.38 bits per heavy atom. The molecule has 0 spiro atoms. The molecule has 124 valence electrons. The molecule has 2 heterocycles. The lowest BCUT2D eigenvalue weighted by atomic mass is 10.0. The number of rotatable bonds is 4. The molecule has 1 atom stereocenters. The molecule has 0 saturated carbocycles. The van der Waals surface area contributed by atoms with Gasteiger partial charge in [0, 0.05) is 17.3 Å². The number of hydrogen-bond donors (Lipinski definition) is 2. The summed E-state index contributed by atoms with van der Waals surface area (Å²) in [4.78, 5) is 26.9. The molecule has 7 heteroatoms. The number of para-hydroxylation sites is 1. The van der Waals surface area contributed by atoms with E-state index in [1.165, 1.54) is 18.3 Å². The minimum absolute atomic E-state index is 0.169. The molecule has 24 heavy (non-hydrogen) atoms. The molecule has 1 amide bonds. The second-order valence-electron chi connectivity index (χ2n) is 5.37. The monoisotopic (exact) mass is 328 g/mol. The lowest BCUT2D eigenvalue weighted by Crippen LogP contribution is -2.42. The number of fused-ring (bicyclic) bond motifs is 1. The van der Waals surface area contributed by atoms with Crippen LogP contribution in [-0.2, 0) is 6.42 Å².